The molecule has 0 bridgehead atoms. The lowest BCUT2D eigenvalue weighted by atomic mass is 10.0. The van der Waals surface area contributed by atoms with Crippen molar-refractivity contribution in [1.82, 2.24) is 0 Å². The number of hydrogen-bond acceptors (Lipinski definition) is 2. The summed E-state index contributed by atoms with van der Waals surface area (Å²) in [5, 5.41) is 10.7. The maximum absolute atomic E-state index is 14.2. The van der Waals surface area contributed by atoms with E-state index in [9.17, 15) is 13.6 Å². The Morgan fingerprint density at radius 3 is 2.28 bits per heavy atom. The highest BCUT2D eigenvalue weighted by atomic mass is 19.1. The summed E-state index contributed by atoms with van der Waals surface area (Å²) >= 11 is 0. The molecule has 3 nitrogen and oxygen atoms in total. The molecule has 0 heterocycles. The lowest BCUT2D eigenvalue weighted by Crippen LogP contribution is -2.02. The molecule has 0 fully saturated rings. The van der Waals surface area contributed by atoms with Crippen LogP contribution in [0.5, 0.6) is 5.75 Å². The Bertz CT molecular complexity index is 1090. The zero-order valence-electron chi connectivity index (χ0n) is 16.0. The molecule has 0 radical (unpaired) electrons. The lowest BCUT2D eigenvalue weighted by molar-refractivity contribution is 0.0697. The summed E-state index contributed by atoms with van der Waals surface area (Å²) in [6, 6.07) is 12.4. The molecule has 3 rings (SSSR count). The van der Waals surface area contributed by atoms with Crippen LogP contribution in [-0.4, -0.2) is 17.7 Å². The zero-order valence-corrected chi connectivity index (χ0v) is 16.0. The molecule has 0 aliphatic rings. The molecule has 3 aromatic carbocycles. The summed E-state index contributed by atoms with van der Waals surface area (Å²) in [5.41, 5.74) is 1.07. The van der Waals surface area contributed by atoms with Crippen molar-refractivity contribution in [2.24, 2.45) is 0 Å². The van der Waals surface area contributed by atoms with Gasteiger partial charge < -0.3 is 9.84 Å². The van der Waals surface area contributed by atoms with Crippen LogP contribution in [0.4, 0.5) is 8.78 Å². The van der Waals surface area contributed by atoms with Gasteiger partial charge in [-0.05, 0) is 53.6 Å². The minimum absolute atomic E-state index is 0.208. The van der Waals surface area contributed by atoms with Crippen molar-refractivity contribution in [1.29, 1.82) is 0 Å². The largest absolute Gasteiger partial charge is 0.488 e. The molecule has 0 aliphatic heterocycles. The number of hydrogen-bond donors (Lipinski definition) is 1. The van der Waals surface area contributed by atoms with E-state index in [0.29, 0.717) is 5.56 Å². The van der Waals surface area contributed by atoms with Crippen LogP contribution < -0.4 is 4.74 Å². The van der Waals surface area contributed by atoms with Gasteiger partial charge in [-0.3, -0.25) is 0 Å². The molecule has 5 heteroatoms. The van der Waals surface area contributed by atoms with E-state index in [1.54, 1.807) is 30.3 Å². The molecule has 0 amide bonds. The molecular formula is C24H20F2O3. The Hall–Kier alpha value is -3.39. The minimum atomic E-state index is -0.988. The van der Waals surface area contributed by atoms with Gasteiger partial charge >= 0.3 is 5.97 Å². The van der Waals surface area contributed by atoms with Crippen molar-refractivity contribution in [2.75, 3.05) is 6.61 Å². The summed E-state index contributed by atoms with van der Waals surface area (Å²) in [5.74, 6) is 2.74. The molecule has 148 valence electrons. The number of rotatable bonds is 6. The highest BCUT2D eigenvalue weighted by Crippen LogP contribution is 2.24. The van der Waals surface area contributed by atoms with Gasteiger partial charge in [0.25, 0.3) is 0 Å². The van der Waals surface area contributed by atoms with E-state index in [2.05, 4.69) is 11.8 Å². The summed E-state index contributed by atoms with van der Waals surface area (Å²) < 4.78 is 33.6. The van der Waals surface area contributed by atoms with Crippen molar-refractivity contribution in [2.45, 2.75) is 26.2 Å². The molecule has 1 N–H and O–H groups in total. The van der Waals surface area contributed by atoms with Gasteiger partial charge in [0.15, 0.2) is 17.4 Å². The molecule has 3 aromatic rings. The third-order valence-electron chi connectivity index (χ3n) is 4.43. The van der Waals surface area contributed by atoms with Crippen LogP contribution in [0.25, 0.3) is 10.8 Å². The van der Waals surface area contributed by atoms with Crippen molar-refractivity contribution in [3.8, 4) is 17.6 Å². The third-order valence-corrected chi connectivity index (χ3v) is 4.43. The quantitative estimate of drug-likeness (QED) is 0.425. The van der Waals surface area contributed by atoms with E-state index in [-0.39, 0.29) is 23.5 Å². The first kappa shape index (κ1) is 20.3. The van der Waals surface area contributed by atoms with Crippen LogP contribution in [0.15, 0.2) is 48.5 Å². The van der Waals surface area contributed by atoms with Crippen molar-refractivity contribution in [3.05, 3.63) is 76.9 Å². The Morgan fingerprint density at radius 1 is 0.931 bits per heavy atom. The topological polar surface area (TPSA) is 46.5 Å². The van der Waals surface area contributed by atoms with Crippen LogP contribution in [0.3, 0.4) is 0 Å². The van der Waals surface area contributed by atoms with Gasteiger partial charge in [-0.15, -0.1) is 0 Å². The number of ether oxygens (including phenoxy) is 1. The first-order chi connectivity index (χ1) is 14.0. The van der Waals surface area contributed by atoms with Crippen LogP contribution in [0, 0.1) is 23.5 Å². The SMILES string of the molecule is CCCCCOc1c(F)cc(C#Cc2ccc3cc(C(=O)O)ccc3c2)cc1F. The fraction of sp³-hybridized carbons (Fsp3) is 0.208. The van der Waals surface area contributed by atoms with E-state index in [1.807, 2.05) is 6.92 Å². The van der Waals surface area contributed by atoms with Gasteiger partial charge in [0.05, 0.1) is 12.2 Å². The van der Waals surface area contributed by atoms with E-state index < -0.39 is 17.6 Å². The second-order valence-corrected chi connectivity index (χ2v) is 6.66. The van der Waals surface area contributed by atoms with Crippen molar-refractivity contribution in [3.63, 3.8) is 0 Å². The number of halogens is 2. The highest BCUT2D eigenvalue weighted by molar-refractivity contribution is 5.94. The number of benzene rings is 3. The number of carbonyl (C=O) groups is 1. The van der Waals surface area contributed by atoms with Gasteiger partial charge in [-0.2, -0.15) is 0 Å². The molecule has 29 heavy (non-hydrogen) atoms. The average Bonchev–Trinajstić information content (AvgIpc) is 2.70. The molecular weight excluding hydrogens is 374 g/mol. The van der Waals surface area contributed by atoms with Crippen LogP contribution in [0.1, 0.15) is 47.7 Å². The predicted molar refractivity (Wildman–Crippen MR) is 108 cm³/mol. The van der Waals surface area contributed by atoms with Gasteiger partial charge in [-0.25, -0.2) is 13.6 Å². The number of carboxylic acids is 1. The van der Waals surface area contributed by atoms with E-state index >= 15 is 0 Å². The molecule has 0 aromatic heterocycles. The van der Waals surface area contributed by atoms with Gasteiger partial charge in [0.2, 0.25) is 0 Å². The fourth-order valence-corrected chi connectivity index (χ4v) is 2.90. The van der Waals surface area contributed by atoms with Gasteiger partial charge in [0.1, 0.15) is 0 Å². The van der Waals surface area contributed by atoms with Crippen LogP contribution in [-0.2, 0) is 0 Å². The summed E-state index contributed by atoms with van der Waals surface area (Å²) in [4.78, 5) is 11.0. The predicted octanol–water partition coefficient (Wildman–Crippen LogP) is 5.79. The smallest absolute Gasteiger partial charge is 0.335 e. The first-order valence-electron chi connectivity index (χ1n) is 9.39. The van der Waals surface area contributed by atoms with Crippen LogP contribution >= 0.6 is 0 Å². The number of carboxylic acid groups (broad SMARTS) is 1. The second kappa shape index (κ2) is 9.20. The number of unbranched alkanes of at least 4 members (excludes halogenated alkanes) is 2. The van der Waals surface area contributed by atoms with E-state index in [1.165, 1.54) is 6.07 Å². The summed E-state index contributed by atoms with van der Waals surface area (Å²) in [6.07, 6.45) is 2.68. The number of fused-ring (bicyclic) bond motifs is 1. The molecule has 0 saturated carbocycles. The van der Waals surface area contributed by atoms with Crippen molar-refractivity contribution < 1.29 is 23.4 Å². The lowest BCUT2D eigenvalue weighted by Gasteiger charge is -2.08. The number of aromatic carboxylic acids is 1. The Kier molecular flexibility index (Phi) is 6.46. The standard InChI is InChI=1S/C24H20F2O3/c1-2-3-4-11-29-23-21(25)13-17(14-22(23)26)6-5-16-7-8-19-15-20(24(27)28)10-9-18(19)12-16/h7-10,12-15H,2-4,11H2,1H3,(H,27,28). The average molecular weight is 394 g/mol. The first-order valence-corrected chi connectivity index (χ1v) is 9.39. The molecule has 0 atom stereocenters. The Morgan fingerprint density at radius 2 is 1.59 bits per heavy atom. The molecule has 0 aliphatic carbocycles. The minimum Gasteiger partial charge on any atom is -0.488 e. The zero-order chi connectivity index (χ0) is 20.8. The summed E-state index contributed by atoms with van der Waals surface area (Å²) in [7, 11) is 0. The fourth-order valence-electron chi connectivity index (χ4n) is 2.90. The Balaban J connectivity index is 1.80. The molecule has 0 spiro atoms. The van der Waals surface area contributed by atoms with Gasteiger partial charge in [-0.1, -0.05) is 43.7 Å². The maximum Gasteiger partial charge on any atom is 0.335 e. The van der Waals surface area contributed by atoms with Gasteiger partial charge in [0, 0.05) is 11.1 Å². The molecule has 0 saturated heterocycles. The van der Waals surface area contributed by atoms with E-state index in [0.717, 1.165) is 42.2 Å². The monoisotopic (exact) mass is 394 g/mol. The summed E-state index contributed by atoms with van der Waals surface area (Å²) in [6.45, 7) is 2.31. The van der Waals surface area contributed by atoms with E-state index in [4.69, 9.17) is 9.84 Å². The maximum atomic E-state index is 14.2. The van der Waals surface area contributed by atoms with Crippen molar-refractivity contribution >= 4 is 16.7 Å². The van der Waals surface area contributed by atoms with Crippen LogP contribution in [0.2, 0.25) is 0 Å². The third kappa shape index (κ3) is 5.11. The Labute approximate surface area is 167 Å². The highest BCUT2D eigenvalue weighted by Gasteiger charge is 2.12. The second-order valence-electron chi connectivity index (χ2n) is 6.66. The normalized spacial score (nSPS) is 10.4. The molecule has 0 unspecified atom stereocenters.